The molecule has 1 N–H and O–H groups in total. The summed E-state index contributed by atoms with van der Waals surface area (Å²) >= 11 is 0. The van der Waals surface area contributed by atoms with Crippen molar-refractivity contribution < 1.29 is 19.0 Å². The fraction of sp³-hybridized carbons (Fsp3) is 0.667. The Balaban J connectivity index is 1.61. The second-order valence-corrected chi connectivity index (χ2v) is 8.72. The van der Waals surface area contributed by atoms with Crippen LogP contribution in [0.25, 0.3) is 0 Å². The molecule has 2 heterocycles. The highest BCUT2D eigenvalue weighted by atomic mass is 19.1. The number of rotatable bonds is 2. The highest BCUT2D eigenvalue weighted by Gasteiger charge is 2.29. The number of anilines is 1. The summed E-state index contributed by atoms with van der Waals surface area (Å²) in [7, 11) is 0. The Morgan fingerprint density at radius 1 is 1.22 bits per heavy atom. The smallest absolute Gasteiger partial charge is 0.410 e. The van der Waals surface area contributed by atoms with E-state index in [0.29, 0.717) is 31.0 Å². The number of nitrogens with zero attached hydrogens (tertiary/aromatic N) is 2. The molecule has 2 aliphatic heterocycles. The van der Waals surface area contributed by atoms with Gasteiger partial charge in [-0.25, -0.2) is 9.18 Å². The number of piperidine rings is 1. The summed E-state index contributed by atoms with van der Waals surface area (Å²) < 4.78 is 19.1. The van der Waals surface area contributed by atoms with Gasteiger partial charge >= 0.3 is 6.09 Å². The summed E-state index contributed by atoms with van der Waals surface area (Å²) in [6, 6.07) is 4.72. The van der Waals surface area contributed by atoms with E-state index < -0.39 is 11.7 Å². The Kier molecular flexibility index (Phi) is 5.94. The Bertz CT molecular complexity index is 666. The average molecular weight is 378 g/mol. The number of ether oxygens (including phenoxy) is 1. The van der Waals surface area contributed by atoms with Gasteiger partial charge in [-0.2, -0.15) is 0 Å². The number of carbonyl (C=O) groups excluding carboxylic acids is 1. The number of fused-ring (bicyclic) bond motifs is 1. The summed E-state index contributed by atoms with van der Waals surface area (Å²) in [5.74, 6) is 0.164. The molecule has 27 heavy (non-hydrogen) atoms. The van der Waals surface area contributed by atoms with Gasteiger partial charge in [-0.3, -0.25) is 0 Å². The minimum atomic E-state index is -0.602. The van der Waals surface area contributed by atoms with E-state index >= 15 is 0 Å². The number of amides is 1. The highest BCUT2D eigenvalue weighted by Crippen LogP contribution is 2.34. The van der Waals surface area contributed by atoms with Gasteiger partial charge in [0, 0.05) is 37.4 Å². The molecular formula is C21H31FN2O3. The lowest BCUT2D eigenvalue weighted by molar-refractivity contribution is 0.0186. The third kappa shape index (κ3) is 5.12. The Morgan fingerprint density at radius 3 is 2.59 bits per heavy atom. The molecule has 1 atom stereocenters. The van der Waals surface area contributed by atoms with Crippen molar-refractivity contribution >= 4 is 11.8 Å². The fourth-order valence-electron chi connectivity index (χ4n) is 3.96. The normalized spacial score (nSPS) is 21.6. The van der Waals surface area contributed by atoms with E-state index in [0.717, 1.165) is 38.0 Å². The van der Waals surface area contributed by atoms with Crippen LogP contribution in [0.15, 0.2) is 18.2 Å². The maximum Gasteiger partial charge on any atom is 0.410 e. The molecule has 150 valence electrons. The standard InChI is InChI=1S/C21H31FN2O3/c1-21(2,3)27-20(26)23-11-8-15(9-12-23)14-24-10-4-5-19(25)17-13-16(22)6-7-18(17)24/h6-7,13,15,19,25H,4-5,8-12,14H2,1-3H3. The monoisotopic (exact) mass is 378 g/mol. The molecule has 3 rings (SSSR count). The zero-order chi connectivity index (χ0) is 19.6. The highest BCUT2D eigenvalue weighted by molar-refractivity contribution is 5.68. The zero-order valence-corrected chi connectivity index (χ0v) is 16.6. The molecule has 1 saturated heterocycles. The molecule has 0 bridgehead atoms. The molecule has 1 aromatic rings. The number of likely N-dealkylation sites (tertiary alicyclic amines) is 1. The third-order valence-electron chi connectivity index (χ3n) is 5.34. The van der Waals surface area contributed by atoms with Crippen LogP contribution in [0.2, 0.25) is 0 Å². The SMILES string of the molecule is CC(C)(C)OC(=O)N1CCC(CN2CCCC(O)c3cc(F)ccc32)CC1. The maximum atomic E-state index is 13.6. The van der Waals surface area contributed by atoms with Gasteiger partial charge in [0.15, 0.2) is 0 Å². The van der Waals surface area contributed by atoms with Crippen molar-refractivity contribution in [2.45, 2.75) is 58.2 Å². The molecule has 5 nitrogen and oxygen atoms in total. The molecule has 1 unspecified atom stereocenters. The molecule has 6 heteroatoms. The Labute approximate surface area is 161 Å². The van der Waals surface area contributed by atoms with Crippen LogP contribution >= 0.6 is 0 Å². The van der Waals surface area contributed by atoms with Gasteiger partial charge in [0.1, 0.15) is 11.4 Å². The maximum absolute atomic E-state index is 13.6. The fourth-order valence-corrected chi connectivity index (χ4v) is 3.96. The van der Waals surface area contributed by atoms with Crippen molar-refractivity contribution in [3.8, 4) is 0 Å². The van der Waals surface area contributed by atoms with Crippen LogP contribution in [0.3, 0.4) is 0 Å². The molecular weight excluding hydrogens is 347 g/mol. The first-order chi connectivity index (χ1) is 12.7. The summed E-state index contributed by atoms with van der Waals surface area (Å²) in [6.45, 7) is 8.77. The van der Waals surface area contributed by atoms with E-state index in [2.05, 4.69) is 4.90 Å². The summed E-state index contributed by atoms with van der Waals surface area (Å²) in [6.07, 6.45) is 2.55. The molecule has 0 aromatic heterocycles. The minimum Gasteiger partial charge on any atom is -0.444 e. The second-order valence-electron chi connectivity index (χ2n) is 8.72. The Morgan fingerprint density at radius 2 is 1.93 bits per heavy atom. The largest absolute Gasteiger partial charge is 0.444 e. The van der Waals surface area contributed by atoms with E-state index in [1.807, 2.05) is 20.8 Å². The number of halogens is 1. The quantitative estimate of drug-likeness (QED) is 0.842. The number of hydrogen-bond donors (Lipinski definition) is 1. The summed E-state index contributed by atoms with van der Waals surface area (Å²) in [5, 5.41) is 10.3. The van der Waals surface area contributed by atoms with Crippen molar-refractivity contribution in [3.63, 3.8) is 0 Å². The number of benzene rings is 1. The van der Waals surface area contributed by atoms with Crippen molar-refractivity contribution in [2.24, 2.45) is 5.92 Å². The zero-order valence-electron chi connectivity index (χ0n) is 16.6. The van der Waals surface area contributed by atoms with E-state index in [-0.39, 0.29) is 11.9 Å². The average Bonchev–Trinajstić information content (AvgIpc) is 2.73. The van der Waals surface area contributed by atoms with E-state index in [9.17, 15) is 14.3 Å². The molecule has 0 radical (unpaired) electrons. The van der Waals surface area contributed by atoms with Gasteiger partial charge in [-0.1, -0.05) is 0 Å². The van der Waals surface area contributed by atoms with Gasteiger partial charge in [-0.15, -0.1) is 0 Å². The Hall–Kier alpha value is -1.82. The van der Waals surface area contributed by atoms with Crippen LogP contribution < -0.4 is 4.90 Å². The minimum absolute atomic E-state index is 0.236. The number of aliphatic hydroxyl groups is 1. The van der Waals surface area contributed by atoms with Crippen molar-refractivity contribution in [3.05, 3.63) is 29.6 Å². The molecule has 1 fully saturated rings. The molecule has 0 aliphatic carbocycles. The first-order valence-corrected chi connectivity index (χ1v) is 9.93. The lowest BCUT2D eigenvalue weighted by Crippen LogP contribution is -2.44. The van der Waals surface area contributed by atoms with Crippen LogP contribution in [-0.4, -0.2) is 47.9 Å². The lowest BCUT2D eigenvalue weighted by atomic mass is 9.96. The van der Waals surface area contributed by atoms with Crippen molar-refractivity contribution in [2.75, 3.05) is 31.1 Å². The molecule has 0 saturated carbocycles. The van der Waals surface area contributed by atoms with Gasteiger partial charge in [0.05, 0.1) is 6.10 Å². The number of aliphatic hydroxyl groups excluding tert-OH is 1. The number of hydrogen-bond acceptors (Lipinski definition) is 4. The molecule has 1 aromatic carbocycles. The number of carbonyl (C=O) groups is 1. The van der Waals surface area contributed by atoms with Crippen LogP contribution in [0.4, 0.5) is 14.9 Å². The van der Waals surface area contributed by atoms with Gasteiger partial charge < -0.3 is 19.6 Å². The van der Waals surface area contributed by atoms with Gasteiger partial charge in [0.25, 0.3) is 0 Å². The first-order valence-electron chi connectivity index (χ1n) is 9.93. The molecule has 2 aliphatic rings. The molecule has 0 spiro atoms. The predicted molar refractivity (Wildman–Crippen MR) is 103 cm³/mol. The van der Waals surface area contributed by atoms with E-state index in [1.165, 1.54) is 12.1 Å². The van der Waals surface area contributed by atoms with Crippen LogP contribution in [-0.2, 0) is 4.74 Å². The lowest BCUT2D eigenvalue weighted by Gasteiger charge is -2.36. The topological polar surface area (TPSA) is 53.0 Å². The van der Waals surface area contributed by atoms with Crippen LogP contribution in [0.1, 0.15) is 58.1 Å². The summed E-state index contributed by atoms with van der Waals surface area (Å²) in [4.78, 5) is 16.3. The predicted octanol–water partition coefficient (Wildman–Crippen LogP) is 4.11. The second kappa shape index (κ2) is 8.05. The van der Waals surface area contributed by atoms with Crippen LogP contribution in [0.5, 0.6) is 0 Å². The first kappa shape index (κ1) is 19.9. The third-order valence-corrected chi connectivity index (χ3v) is 5.34. The van der Waals surface area contributed by atoms with Crippen molar-refractivity contribution in [1.82, 2.24) is 4.90 Å². The van der Waals surface area contributed by atoms with Gasteiger partial charge in [-0.05, 0) is 70.6 Å². The van der Waals surface area contributed by atoms with E-state index in [4.69, 9.17) is 4.74 Å². The summed E-state index contributed by atoms with van der Waals surface area (Å²) in [5.41, 5.74) is 1.16. The van der Waals surface area contributed by atoms with Crippen LogP contribution in [0, 0.1) is 11.7 Å². The molecule has 1 amide bonds. The van der Waals surface area contributed by atoms with E-state index in [1.54, 1.807) is 11.0 Å². The van der Waals surface area contributed by atoms with Gasteiger partial charge in [0.2, 0.25) is 0 Å². The van der Waals surface area contributed by atoms with Crippen molar-refractivity contribution in [1.29, 1.82) is 0 Å².